The van der Waals surface area contributed by atoms with Gasteiger partial charge in [-0.3, -0.25) is 19.3 Å². The third kappa shape index (κ3) is 4.41. The van der Waals surface area contributed by atoms with Crippen LogP contribution in [0.4, 0.5) is 10.5 Å². The van der Waals surface area contributed by atoms with E-state index in [-0.39, 0.29) is 4.91 Å². The zero-order valence-electron chi connectivity index (χ0n) is 16.6. The maximum atomic E-state index is 12.7. The second-order valence-electron chi connectivity index (χ2n) is 6.10. The molecule has 0 bridgehead atoms. The summed E-state index contributed by atoms with van der Waals surface area (Å²) in [5, 5.41) is 2.13. The van der Waals surface area contributed by atoms with Crippen LogP contribution in [0.2, 0.25) is 0 Å². The van der Waals surface area contributed by atoms with Gasteiger partial charge in [0.15, 0.2) is 11.5 Å². The van der Waals surface area contributed by atoms with Crippen LogP contribution in [0, 0.1) is 0 Å². The highest BCUT2D eigenvalue weighted by molar-refractivity contribution is 8.18. The molecular formula is C21H20N2O6S. The summed E-state index contributed by atoms with van der Waals surface area (Å²) in [6.07, 6.45) is 1.55. The fourth-order valence-electron chi connectivity index (χ4n) is 2.88. The van der Waals surface area contributed by atoms with Gasteiger partial charge < -0.3 is 19.5 Å². The van der Waals surface area contributed by atoms with Gasteiger partial charge in [0.05, 0.1) is 31.9 Å². The third-order valence-corrected chi connectivity index (χ3v) is 5.18. The molecule has 156 valence electrons. The van der Waals surface area contributed by atoms with Crippen LogP contribution in [0.25, 0.3) is 6.08 Å². The molecule has 0 aliphatic carbocycles. The van der Waals surface area contributed by atoms with E-state index in [9.17, 15) is 14.4 Å². The number of rotatable bonds is 7. The zero-order valence-corrected chi connectivity index (χ0v) is 17.4. The van der Waals surface area contributed by atoms with Crippen LogP contribution >= 0.6 is 11.8 Å². The van der Waals surface area contributed by atoms with Crippen LogP contribution in [0.1, 0.15) is 5.56 Å². The van der Waals surface area contributed by atoms with Gasteiger partial charge in [0.2, 0.25) is 5.91 Å². The number of imide groups is 1. The van der Waals surface area contributed by atoms with Gasteiger partial charge in [-0.1, -0.05) is 24.3 Å². The minimum atomic E-state index is -0.551. The lowest BCUT2D eigenvalue weighted by molar-refractivity contribution is -0.127. The number of carbonyl (C=O) groups is 3. The molecule has 1 saturated heterocycles. The van der Waals surface area contributed by atoms with Crippen molar-refractivity contribution in [2.24, 2.45) is 0 Å². The quantitative estimate of drug-likeness (QED) is 0.676. The average molecular weight is 428 g/mol. The van der Waals surface area contributed by atoms with Crippen molar-refractivity contribution >= 4 is 40.6 Å². The van der Waals surface area contributed by atoms with Crippen LogP contribution in [0.5, 0.6) is 17.2 Å². The number of methoxy groups -OCH3 is 3. The molecule has 0 saturated carbocycles. The molecule has 1 aliphatic rings. The number of hydrogen-bond acceptors (Lipinski definition) is 7. The van der Waals surface area contributed by atoms with Crippen LogP contribution in [0.3, 0.4) is 0 Å². The summed E-state index contributed by atoms with van der Waals surface area (Å²) < 4.78 is 15.8. The van der Waals surface area contributed by atoms with Crippen molar-refractivity contribution in [3.63, 3.8) is 0 Å². The highest BCUT2D eigenvalue weighted by Crippen LogP contribution is 2.37. The average Bonchev–Trinajstić information content (AvgIpc) is 3.01. The van der Waals surface area contributed by atoms with Gasteiger partial charge >= 0.3 is 0 Å². The van der Waals surface area contributed by atoms with Gasteiger partial charge in [0.25, 0.3) is 11.1 Å². The van der Waals surface area contributed by atoms with Crippen molar-refractivity contribution in [2.45, 2.75) is 0 Å². The summed E-state index contributed by atoms with van der Waals surface area (Å²) in [6, 6.07) is 12.1. The molecule has 0 unspecified atom stereocenters. The number of thioether (sulfide) groups is 1. The van der Waals surface area contributed by atoms with E-state index in [1.807, 2.05) is 0 Å². The summed E-state index contributed by atoms with van der Waals surface area (Å²) in [5.41, 5.74) is 1.04. The normalized spacial score (nSPS) is 14.8. The van der Waals surface area contributed by atoms with Gasteiger partial charge in [-0.15, -0.1) is 0 Å². The molecule has 0 radical (unpaired) electrons. The first kappa shape index (κ1) is 21.3. The van der Waals surface area contributed by atoms with E-state index in [1.165, 1.54) is 21.3 Å². The van der Waals surface area contributed by atoms with E-state index in [1.54, 1.807) is 48.5 Å². The topological polar surface area (TPSA) is 94.2 Å². The molecule has 3 rings (SSSR count). The second-order valence-corrected chi connectivity index (χ2v) is 7.09. The van der Waals surface area contributed by atoms with Gasteiger partial charge in [0.1, 0.15) is 12.3 Å². The van der Waals surface area contributed by atoms with Crippen molar-refractivity contribution < 1.29 is 28.6 Å². The number of para-hydroxylation sites is 3. The molecule has 1 heterocycles. The second kappa shape index (κ2) is 9.36. The van der Waals surface area contributed by atoms with Gasteiger partial charge in [0, 0.05) is 5.56 Å². The standard InChI is InChI=1S/C21H20N2O6S/c1-27-15-9-5-4-8-14(15)22-18(24)12-23-20(25)17(30-21(23)26)11-13-7-6-10-16(28-2)19(13)29-3/h4-11H,12H2,1-3H3,(H,22,24)/b17-11-. The van der Waals surface area contributed by atoms with Crippen molar-refractivity contribution in [1.29, 1.82) is 0 Å². The molecule has 0 aromatic heterocycles. The smallest absolute Gasteiger partial charge is 0.294 e. The molecule has 2 aromatic rings. The summed E-state index contributed by atoms with van der Waals surface area (Å²) >= 11 is 0.763. The highest BCUT2D eigenvalue weighted by atomic mass is 32.2. The summed E-state index contributed by atoms with van der Waals surface area (Å²) in [4.78, 5) is 38.6. The van der Waals surface area contributed by atoms with Crippen LogP contribution in [-0.4, -0.2) is 49.8 Å². The number of nitrogens with one attached hydrogen (secondary N) is 1. The molecule has 2 aromatic carbocycles. The summed E-state index contributed by atoms with van der Waals surface area (Å²) in [6.45, 7) is -0.407. The van der Waals surface area contributed by atoms with Crippen molar-refractivity contribution in [3.8, 4) is 17.2 Å². The third-order valence-electron chi connectivity index (χ3n) is 4.28. The Hall–Kier alpha value is -3.46. The predicted molar refractivity (Wildman–Crippen MR) is 114 cm³/mol. The largest absolute Gasteiger partial charge is 0.495 e. The molecule has 8 nitrogen and oxygen atoms in total. The van der Waals surface area contributed by atoms with Crippen molar-refractivity contribution in [2.75, 3.05) is 33.2 Å². The predicted octanol–water partition coefficient (Wildman–Crippen LogP) is 3.39. The Balaban J connectivity index is 1.77. The lowest BCUT2D eigenvalue weighted by Gasteiger charge is -2.14. The Labute approximate surface area is 177 Å². The Morgan fingerprint density at radius 2 is 1.70 bits per heavy atom. The Kier molecular flexibility index (Phi) is 6.63. The first-order chi connectivity index (χ1) is 14.5. The Bertz CT molecular complexity index is 1020. The molecule has 1 aliphatic heterocycles. The Morgan fingerprint density at radius 3 is 2.40 bits per heavy atom. The molecule has 0 atom stereocenters. The lowest BCUT2D eigenvalue weighted by atomic mass is 10.1. The monoisotopic (exact) mass is 428 g/mol. The minimum absolute atomic E-state index is 0.191. The first-order valence-corrected chi connectivity index (χ1v) is 9.69. The molecule has 9 heteroatoms. The number of benzene rings is 2. The first-order valence-electron chi connectivity index (χ1n) is 8.87. The van der Waals surface area contributed by atoms with Crippen LogP contribution in [0.15, 0.2) is 47.4 Å². The summed E-state index contributed by atoms with van der Waals surface area (Å²) in [7, 11) is 4.48. The van der Waals surface area contributed by atoms with E-state index in [2.05, 4.69) is 5.32 Å². The number of anilines is 1. The van der Waals surface area contributed by atoms with Crippen LogP contribution in [-0.2, 0) is 9.59 Å². The zero-order chi connectivity index (χ0) is 21.7. The maximum Gasteiger partial charge on any atom is 0.294 e. The van der Waals surface area contributed by atoms with E-state index in [0.29, 0.717) is 28.5 Å². The fraction of sp³-hybridized carbons (Fsp3) is 0.190. The van der Waals surface area contributed by atoms with Crippen molar-refractivity contribution in [3.05, 3.63) is 52.9 Å². The molecule has 30 heavy (non-hydrogen) atoms. The van der Waals surface area contributed by atoms with Crippen LogP contribution < -0.4 is 19.5 Å². The molecular weight excluding hydrogens is 408 g/mol. The maximum absolute atomic E-state index is 12.7. The van der Waals surface area contributed by atoms with Crippen molar-refractivity contribution in [1.82, 2.24) is 4.90 Å². The van der Waals surface area contributed by atoms with E-state index >= 15 is 0 Å². The number of ether oxygens (including phenoxy) is 3. The number of hydrogen-bond donors (Lipinski definition) is 1. The highest BCUT2D eigenvalue weighted by Gasteiger charge is 2.36. The van der Waals surface area contributed by atoms with E-state index < -0.39 is 23.6 Å². The molecule has 1 N–H and O–H groups in total. The molecule has 0 spiro atoms. The Morgan fingerprint density at radius 1 is 1.00 bits per heavy atom. The van der Waals surface area contributed by atoms with E-state index in [4.69, 9.17) is 14.2 Å². The lowest BCUT2D eigenvalue weighted by Crippen LogP contribution is -2.36. The van der Waals surface area contributed by atoms with Gasteiger partial charge in [-0.05, 0) is 36.0 Å². The fourth-order valence-corrected chi connectivity index (χ4v) is 3.71. The minimum Gasteiger partial charge on any atom is -0.495 e. The van der Waals surface area contributed by atoms with Gasteiger partial charge in [-0.25, -0.2) is 0 Å². The summed E-state index contributed by atoms with van der Waals surface area (Å²) in [5.74, 6) is 0.361. The molecule has 1 fully saturated rings. The van der Waals surface area contributed by atoms with E-state index in [0.717, 1.165) is 16.7 Å². The molecule has 3 amide bonds. The van der Waals surface area contributed by atoms with Gasteiger partial charge in [-0.2, -0.15) is 0 Å². The number of carbonyl (C=O) groups excluding carboxylic acids is 3. The number of amides is 3. The SMILES string of the molecule is COc1ccccc1NC(=O)CN1C(=O)S/C(=C\c2cccc(OC)c2OC)C1=O. The number of nitrogens with zero attached hydrogens (tertiary/aromatic N) is 1.